The lowest BCUT2D eigenvalue weighted by atomic mass is 10.2. The number of ether oxygens (including phenoxy) is 1. The minimum atomic E-state index is -0.497. The molecule has 1 amide bonds. The molecule has 8 heteroatoms. The first-order valence-corrected chi connectivity index (χ1v) is 7.89. The lowest BCUT2D eigenvalue weighted by Gasteiger charge is -2.36. The summed E-state index contributed by atoms with van der Waals surface area (Å²) >= 11 is 0. The number of hydrogen-bond acceptors (Lipinski definition) is 6. The number of hydrogen-bond donors (Lipinski definition) is 0. The summed E-state index contributed by atoms with van der Waals surface area (Å²) in [5.74, 6) is 0.719. The highest BCUT2D eigenvalue weighted by molar-refractivity contribution is 5.73. The Labute approximate surface area is 140 Å². The van der Waals surface area contributed by atoms with Crippen LogP contribution < -0.4 is 4.90 Å². The molecule has 24 heavy (non-hydrogen) atoms. The van der Waals surface area contributed by atoms with Gasteiger partial charge in [-0.05, 0) is 26.8 Å². The molecule has 0 radical (unpaired) electrons. The van der Waals surface area contributed by atoms with Crippen molar-refractivity contribution in [2.24, 2.45) is 0 Å². The normalized spacial score (nSPS) is 15.6. The van der Waals surface area contributed by atoms with Gasteiger partial charge >= 0.3 is 6.09 Å². The molecule has 128 valence electrons. The molecule has 0 N–H and O–H groups in total. The largest absolute Gasteiger partial charge is 0.444 e. The van der Waals surface area contributed by atoms with Gasteiger partial charge in [0, 0.05) is 38.6 Å². The average molecular weight is 331 g/mol. The van der Waals surface area contributed by atoms with Crippen LogP contribution in [0.1, 0.15) is 31.3 Å². The number of carbonyl (C=O) groups excluding carboxylic acids is 2. The van der Waals surface area contributed by atoms with Gasteiger partial charge in [0.05, 0.1) is 0 Å². The Hall–Kier alpha value is -2.64. The van der Waals surface area contributed by atoms with Crippen molar-refractivity contribution >= 4 is 24.0 Å². The molecule has 0 spiro atoms. The lowest BCUT2D eigenvalue weighted by Crippen LogP contribution is -2.50. The highest BCUT2D eigenvalue weighted by Crippen LogP contribution is 2.18. The molecule has 0 unspecified atom stereocenters. The van der Waals surface area contributed by atoms with E-state index >= 15 is 0 Å². The summed E-state index contributed by atoms with van der Waals surface area (Å²) in [6.45, 7) is 7.96. The Morgan fingerprint density at radius 2 is 1.96 bits per heavy atom. The third-order valence-electron chi connectivity index (χ3n) is 3.72. The molecule has 0 aliphatic carbocycles. The number of fused-ring (bicyclic) bond motifs is 1. The molecule has 1 aliphatic rings. The molecule has 3 heterocycles. The monoisotopic (exact) mass is 331 g/mol. The number of rotatable bonds is 2. The van der Waals surface area contributed by atoms with Crippen LogP contribution in [0.15, 0.2) is 18.5 Å². The highest BCUT2D eigenvalue weighted by Gasteiger charge is 2.27. The van der Waals surface area contributed by atoms with Crippen molar-refractivity contribution in [2.75, 3.05) is 31.1 Å². The van der Waals surface area contributed by atoms with E-state index in [9.17, 15) is 9.59 Å². The Morgan fingerprint density at radius 1 is 1.25 bits per heavy atom. The fourth-order valence-corrected chi connectivity index (χ4v) is 2.63. The van der Waals surface area contributed by atoms with Crippen molar-refractivity contribution < 1.29 is 14.3 Å². The zero-order valence-corrected chi connectivity index (χ0v) is 14.1. The number of carbonyl (C=O) groups is 2. The van der Waals surface area contributed by atoms with Crippen molar-refractivity contribution in [3.05, 3.63) is 24.2 Å². The molecule has 8 nitrogen and oxygen atoms in total. The smallest absolute Gasteiger partial charge is 0.410 e. The van der Waals surface area contributed by atoms with Crippen LogP contribution in [0.4, 0.5) is 10.7 Å². The van der Waals surface area contributed by atoms with E-state index in [1.807, 2.05) is 20.8 Å². The number of nitrogens with zero attached hydrogens (tertiary/aromatic N) is 5. The molecule has 2 aromatic rings. The van der Waals surface area contributed by atoms with Gasteiger partial charge in [0.25, 0.3) is 0 Å². The first-order valence-electron chi connectivity index (χ1n) is 7.89. The van der Waals surface area contributed by atoms with E-state index in [0.717, 1.165) is 12.2 Å². The second-order valence-corrected chi connectivity index (χ2v) is 6.71. The summed E-state index contributed by atoms with van der Waals surface area (Å²) in [6, 6.07) is 1.76. The van der Waals surface area contributed by atoms with Crippen LogP contribution in [0, 0.1) is 0 Å². The van der Waals surface area contributed by atoms with Crippen LogP contribution >= 0.6 is 0 Å². The number of anilines is 1. The molecule has 0 atom stereocenters. The van der Waals surface area contributed by atoms with Gasteiger partial charge < -0.3 is 14.5 Å². The van der Waals surface area contributed by atoms with Crippen LogP contribution in [0.25, 0.3) is 5.65 Å². The Kier molecular flexibility index (Phi) is 4.13. The predicted octanol–water partition coefficient (Wildman–Crippen LogP) is 1.60. The Morgan fingerprint density at radius 3 is 2.58 bits per heavy atom. The molecule has 2 aromatic heterocycles. The lowest BCUT2D eigenvalue weighted by molar-refractivity contribution is 0.0240. The number of imidazole rings is 1. The van der Waals surface area contributed by atoms with Gasteiger partial charge in [-0.1, -0.05) is 0 Å². The Balaban J connectivity index is 1.72. The van der Waals surface area contributed by atoms with Crippen molar-refractivity contribution in [2.45, 2.75) is 26.4 Å². The topological polar surface area (TPSA) is 80.0 Å². The number of aromatic nitrogens is 3. The van der Waals surface area contributed by atoms with Gasteiger partial charge in [0.2, 0.25) is 5.95 Å². The van der Waals surface area contributed by atoms with Crippen molar-refractivity contribution in [1.29, 1.82) is 0 Å². The SMILES string of the molecule is CC(C)(C)OC(=O)N1CCN(c2nccc3nc(C=O)cn23)CC1. The molecule has 1 aliphatic heterocycles. The van der Waals surface area contributed by atoms with E-state index in [2.05, 4.69) is 14.9 Å². The van der Waals surface area contributed by atoms with Gasteiger partial charge in [-0.2, -0.15) is 0 Å². The fraction of sp³-hybridized carbons (Fsp3) is 0.500. The first-order chi connectivity index (χ1) is 11.4. The van der Waals surface area contributed by atoms with E-state index in [1.165, 1.54) is 0 Å². The van der Waals surface area contributed by atoms with Gasteiger partial charge in [0.1, 0.15) is 16.9 Å². The standard InChI is InChI=1S/C16H21N5O3/c1-16(2,3)24-15(23)20-8-6-19(7-9-20)14-17-5-4-13-18-12(11-22)10-21(13)14/h4-5,10-11H,6-9H2,1-3H3. The maximum atomic E-state index is 12.1. The Bertz CT molecular complexity index is 757. The van der Waals surface area contributed by atoms with E-state index in [4.69, 9.17) is 4.74 Å². The summed E-state index contributed by atoms with van der Waals surface area (Å²) in [4.78, 5) is 35.4. The van der Waals surface area contributed by atoms with Gasteiger partial charge in [0.15, 0.2) is 6.29 Å². The van der Waals surface area contributed by atoms with Crippen LogP contribution in [0.5, 0.6) is 0 Å². The van der Waals surface area contributed by atoms with Crippen LogP contribution in [-0.4, -0.2) is 63.4 Å². The third kappa shape index (κ3) is 3.32. The van der Waals surface area contributed by atoms with E-state index in [1.54, 1.807) is 27.8 Å². The maximum absolute atomic E-state index is 12.1. The van der Waals surface area contributed by atoms with Crippen LogP contribution in [0.3, 0.4) is 0 Å². The molecule has 1 saturated heterocycles. The first kappa shape index (κ1) is 16.2. The van der Waals surface area contributed by atoms with Gasteiger partial charge in [-0.3, -0.25) is 9.20 Å². The van der Waals surface area contributed by atoms with Gasteiger partial charge in [-0.15, -0.1) is 0 Å². The minimum Gasteiger partial charge on any atom is -0.444 e. The average Bonchev–Trinajstić information content (AvgIpc) is 2.96. The fourth-order valence-electron chi connectivity index (χ4n) is 2.63. The van der Waals surface area contributed by atoms with E-state index < -0.39 is 5.60 Å². The zero-order valence-electron chi connectivity index (χ0n) is 14.1. The quantitative estimate of drug-likeness (QED) is 0.778. The summed E-state index contributed by atoms with van der Waals surface area (Å²) in [6.07, 6.45) is 3.77. The minimum absolute atomic E-state index is 0.292. The summed E-state index contributed by atoms with van der Waals surface area (Å²) in [5, 5.41) is 0. The zero-order chi connectivity index (χ0) is 17.3. The number of amides is 1. The van der Waals surface area contributed by atoms with Crippen LogP contribution in [-0.2, 0) is 4.74 Å². The summed E-state index contributed by atoms with van der Waals surface area (Å²) < 4.78 is 7.20. The number of aldehydes is 1. The third-order valence-corrected chi connectivity index (χ3v) is 3.72. The van der Waals surface area contributed by atoms with Crippen molar-refractivity contribution in [1.82, 2.24) is 19.3 Å². The van der Waals surface area contributed by atoms with Crippen molar-refractivity contribution in [3.8, 4) is 0 Å². The summed E-state index contributed by atoms with van der Waals surface area (Å²) in [7, 11) is 0. The van der Waals surface area contributed by atoms with Gasteiger partial charge in [-0.25, -0.2) is 14.8 Å². The van der Waals surface area contributed by atoms with Crippen molar-refractivity contribution in [3.63, 3.8) is 0 Å². The molecule has 0 saturated carbocycles. The second-order valence-electron chi connectivity index (χ2n) is 6.71. The molecule has 3 rings (SSSR count). The highest BCUT2D eigenvalue weighted by atomic mass is 16.6. The predicted molar refractivity (Wildman–Crippen MR) is 88.4 cm³/mol. The molecule has 1 fully saturated rings. The van der Waals surface area contributed by atoms with E-state index in [-0.39, 0.29) is 6.09 Å². The summed E-state index contributed by atoms with van der Waals surface area (Å²) in [5.41, 5.74) is 0.553. The maximum Gasteiger partial charge on any atom is 0.410 e. The van der Waals surface area contributed by atoms with Crippen LogP contribution in [0.2, 0.25) is 0 Å². The molecular formula is C16H21N5O3. The molecule has 0 aromatic carbocycles. The molecular weight excluding hydrogens is 310 g/mol. The van der Waals surface area contributed by atoms with E-state index in [0.29, 0.717) is 37.5 Å². The number of piperazine rings is 1. The second kappa shape index (κ2) is 6.10. The molecule has 0 bridgehead atoms.